The first-order valence-corrected chi connectivity index (χ1v) is 5.34. The van der Waals surface area contributed by atoms with E-state index in [1.54, 1.807) is 0 Å². The molecule has 3 N–H and O–H groups in total. The summed E-state index contributed by atoms with van der Waals surface area (Å²) in [6.45, 7) is 3.24. The zero-order valence-electron chi connectivity index (χ0n) is 8.92. The third kappa shape index (κ3) is 2.37. The van der Waals surface area contributed by atoms with Crippen molar-refractivity contribution >= 4 is 0 Å². The molecule has 1 heterocycles. The molecule has 1 aromatic rings. The molecule has 2 rings (SSSR count). The van der Waals surface area contributed by atoms with Crippen molar-refractivity contribution in [3.05, 3.63) is 35.4 Å². The molecule has 1 atom stereocenters. The Morgan fingerprint density at radius 3 is 2.56 bits per heavy atom. The van der Waals surface area contributed by atoms with E-state index in [9.17, 15) is 8.78 Å². The van der Waals surface area contributed by atoms with E-state index in [4.69, 9.17) is 5.73 Å². The van der Waals surface area contributed by atoms with E-state index in [0.717, 1.165) is 32.2 Å². The Morgan fingerprint density at radius 1 is 1.25 bits per heavy atom. The van der Waals surface area contributed by atoms with Crippen LogP contribution < -0.4 is 11.1 Å². The van der Waals surface area contributed by atoms with Crippen molar-refractivity contribution in [3.8, 4) is 0 Å². The lowest BCUT2D eigenvalue weighted by Crippen LogP contribution is -2.47. The molecule has 16 heavy (non-hydrogen) atoms. The Labute approximate surface area is 93.2 Å². The normalized spacial score (nSPS) is 19.7. The monoisotopic (exact) mass is 227 g/mol. The van der Waals surface area contributed by atoms with Crippen LogP contribution in [-0.2, 0) is 0 Å². The zero-order chi connectivity index (χ0) is 11.5. The maximum atomic E-state index is 13.5. The summed E-state index contributed by atoms with van der Waals surface area (Å²) < 4.78 is 26.2. The van der Waals surface area contributed by atoms with E-state index in [1.807, 2.05) is 4.90 Å². The number of hydrogen-bond acceptors (Lipinski definition) is 3. The first kappa shape index (κ1) is 11.4. The summed E-state index contributed by atoms with van der Waals surface area (Å²) in [6, 6.07) is 3.52. The molecule has 0 bridgehead atoms. The van der Waals surface area contributed by atoms with Crippen molar-refractivity contribution in [1.82, 2.24) is 10.2 Å². The summed E-state index contributed by atoms with van der Waals surface area (Å²) in [7, 11) is 0. The summed E-state index contributed by atoms with van der Waals surface area (Å²) in [5, 5.41) is 3.19. The fourth-order valence-electron chi connectivity index (χ4n) is 1.90. The molecular formula is C11H15F2N3. The van der Waals surface area contributed by atoms with Gasteiger partial charge in [-0.2, -0.15) is 0 Å². The molecule has 1 fully saturated rings. The molecule has 0 aromatic heterocycles. The minimum atomic E-state index is -0.578. The molecule has 1 aliphatic rings. The highest BCUT2D eigenvalue weighted by atomic mass is 19.1. The van der Waals surface area contributed by atoms with Crippen LogP contribution in [0.25, 0.3) is 0 Å². The highest BCUT2D eigenvalue weighted by Crippen LogP contribution is 2.19. The lowest BCUT2D eigenvalue weighted by molar-refractivity contribution is 0.174. The van der Waals surface area contributed by atoms with Crippen molar-refractivity contribution in [2.45, 2.75) is 6.17 Å². The Hall–Kier alpha value is -1.04. The third-order valence-corrected chi connectivity index (χ3v) is 2.83. The third-order valence-electron chi connectivity index (χ3n) is 2.83. The molecule has 0 radical (unpaired) electrons. The van der Waals surface area contributed by atoms with Crippen LogP contribution in [0.2, 0.25) is 0 Å². The van der Waals surface area contributed by atoms with Gasteiger partial charge in [-0.05, 0) is 6.07 Å². The van der Waals surface area contributed by atoms with Gasteiger partial charge in [0, 0.05) is 37.8 Å². The molecule has 3 nitrogen and oxygen atoms in total. The number of piperazine rings is 1. The first-order chi connectivity index (χ1) is 7.68. The molecule has 1 saturated heterocycles. The van der Waals surface area contributed by atoms with Gasteiger partial charge in [0.05, 0.1) is 6.17 Å². The van der Waals surface area contributed by atoms with Crippen LogP contribution >= 0.6 is 0 Å². The Kier molecular flexibility index (Phi) is 3.48. The Morgan fingerprint density at radius 2 is 1.94 bits per heavy atom. The fraction of sp³-hybridized carbons (Fsp3) is 0.455. The Balaban J connectivity index is 2.15. The number of nitrogens with zero attached hydrogens (tertiary/aromatic N) is 1. The van der Waals surface area contributed by atoms with Crippen molar-refractivity contribution in [2.24, 2.45) is 5.73 Å². The van der Waals surface area contributed by atoms with Gasteiger partial charge in [-0.1, -0.05) is 6.07 Å². The predicted molar refractivity (Wildman–Crippen MR) is 57.7 cm³/mol. The van der Waals surface area contributed by atoms with E-state index in [-0.39, 0.29) is 0 Å². The van der Waals surface area contributed by atoms with E-state index in [2.05, 4.69) is 5.32 Å². The molecule has 5 heteroatoms. The molecule has 0 amide bonds. The van der Waals surface area contributed by atoms with Crippen LogP contribution in [0.1, 0.15) is 11.7 Å². The largest absolute Gasteiger partial charge is 0.314 e. The highest BCUT2D eigenvalue weighted by molar-refractivity contribution is 5.21. The molecule has 0 saturated carbocycles. The van der Waals surface area contributed by atoms with Crippen molar-refractivity contribution < 1.29 is 8.78 Å². The molecule has 88 valence electrons. The lowest BCUT2D eigenvalue weighted by atomic mass is 10.1. The van der Waals surface area contributed by atoms with Gasteiger partial charge >= 0.3 is 0 Å². The second-order valence-corrected chi connectivity index (χ2v) is 3.90. The number of hydrogen-bond donors (Lipinski definition) is 2. The second-order valence-electron chi connectivity index (χ2n) is 3.90. The van der Waals surface area contributed by atoms with Crippen LogP contribution in [0.15, 0.2) is 18.2 Å². The maximum Gasteiger partial charge on any atom is 0.132 e. The number of nitrogens with one attached hydrogen (secondary N) is 1. The van der Waals surface area contributed by atoms with Crippen molar-refractivity contribution in [1.29, 1.82) is 0 Å². The maximum absolute atomic E-state index is 13.5. The van der Waals surface area contributed by atoms with Gasteiger partial charge in [0.1, 0.15) is 11.6 Å². The minimum absolute atomic E-state index is 0.350. The number of benzene rings is 1. The summed E-state index contributed by atoms with van der Waals surface area (Å²) in [4.78, 5) is 1.98. The number of nitrogens with two attached hydrogens (primary N) is 1. The van der Waals surface area contributed by atoms with Crippen LogP contribution in [0.5, 0.6) is 0 Å². The Bertz CT molecular complexity index is 364. The smallest absolute Gasteiger partial charge is 0.132 e. The van der Waals surface area contributed by atoms with Crippen LogP contribution in [0.4, 0.5) is 8.78 Å². The van der Waals surface area contributed by atoms with Crippen molar-refractivity contribution in [3.63, 3.8) is 0 Å². The number of rotatable bonds is 2. The second kappa shape index (κ2) is 4.86. The first-order valence-electron chi connectivity index (χ1n) is 5.34. The quantitative estimate of drug-likeness (QED) is 0.786. The van der Waals surface area contributed by atoms with Gasteiger partial charge in [-0.3, -0.25) is 4.90 Å². The molecule has 1 unspecified atom stereocenters. The minimum Gasteiger partial charge on any atom is -0.314 e. The van der Waals surface area contributed by atoms with E-state index < -0.39 is 17.8 Å². The van der Waals surface area contributed by atoms with Gasteiger partial charge in [0.2, 0.25) is 0 Å². The van der Waals surface area contributed by atoms with E-state index in [1.165, 1.54) is 12.1 Å². The molecule has 1 aliphatic heterocycles. The van der Waals surface area contributed by atoms with Crippen LogP contribution in [0, 0.1) is 11.6 Å². The summed E-state index contributed by atoms with van der Waals surface area (Å²) in [6.07, 6.45) is -0.498. The molecular weight excluding hydrogens is 212 g/mol. The summed E-state index contributed by atoms with van der Waals surface area (Å²) in [5.74, 6) is -1.15. The molecule has 0 spiro atoms. The standard InChI is InChI=1S/C11H15F2N3/c12-8-1-2-9(10(13)7-8)11(14)16-5-3-15-4-6-16/h1-2,7,11,15H,3-6,14H2. The highest BCUT2D eigenvalue weighted by Gasteiger charge is 2.21. The van der Waals surface area contributed by atoms with Gasteiger partial charge < -0.3 is 11.1 Å². The lowest BCUT2D eigenvalue weighted by Gasteiger charge is -2.32. The van der Waals surface area contributed by atoms with Gasteiger partial charge in [-0.15, -0.1) is 0 Å². The zero-order valence-corrected chi connectivity index (χ0v) is 8.92. The van der Waals surface area contributed by atoms with Gasteiger partial charge in [0.25, 0.3) is 0 Å². The van der Waals surface area contributed by atoms with Crippen molar-refractivity contribution in [2.75, 3.05) is 26.2 Å². The van der Waals surface area contributed by atoms with E-state index >= 15 is 0 Å². The van der Waals surface area contributed by atoms with Gasteiger partial charge in [0.15, 0.2) is 0 Å². The average Bonchev–Trinajstić information content (AvgIpc) is 2.29. The number of halogens is 2. The summed E-state index contributed by atoms with van der Waals surface area (Å²) in [5.41, 5.74) is 6.31. The SMILES string of the molecule is NC(c1ccc(F)cc1F)N1CCNCC1. The topological polar surface area (TPSA) is 41.3 Å². The van der Waals surface area contributed by atoms with Crippen LogP contribution in [0.3, 0.4) is 0 Å². The predicted octanol–water partition coefficient (Wildman–Crippen LogP) is 0.827. The fourth-order valence-corrected chi connectivity index (χ4v) is 1.90. The molecule has 0 aliphatic carbocycles. The van der Waals surface area contributed by atoms with E-state index in [0.29, 0.717) is 5.56 Å². The van der Waals surface area contributed by atoms with Crippen LogP contribution in [-0.4, -0.2) is 31.1 Å². The average molecular weight is 227 g/mol. The molecule has 1 aromatic carbocycles. The summed E-state index contributed by atoms with van der Waals surface area (Å²) >= 11 is 0. The van der Waals surface area contributed by atoms with Gasteiger partial charge in [-0.25, -0.2) is 8.78 Å².